The number of aldehydes is 1. The molecule has 0 radical (unpaired) electrons. The summed E-state index contributed by atoms with van der Waals surface area (Å²) in [4.78, 5) is 10.4. The van der Waals surface area contributed by atoms with Crippen molar-refractivity contribution in [2.45, 2.75) is 39.4 Å². The maximum absolute atomic E-state index is 12.4. The Hall–Kier alpha value is -1.59. The second-order valence-electron chi connectivity index (χ2n) is 4.37. The van der Waals surface area contributed by atoms with Gasteiger partial charge in [0.05, 0.1) is 5.69 Å². The zero-order valence-corrected chi connectivity index (χ0v) is 10.5. The smallest absolute Gasteiger partial charge is 0.299 e. The van der Waals surface area contributed by atoms with Gasteiger partial charge in [-0.05, 0) is 30.6 Å². The van der Waals surface area contributed by atoms with Crippen molar-refractivity contribution in [3.8, 4) is 0 Å². The van der Waals surface area contributed by atoms with Crippen LogP contribution in [0.5, 0.6) is 0 Å². The number of hydrogen-bond donors (Lipinski definition) is 0. The lowest BCUT2D eigenvalue weighted by Crippen LogP contribution is -2.20. The van der Waals surface area contributed by atoms with Crippen LogP contribution in [0.3, 0.4) is 0 Å². The number of alkyl halides is 3. The molecule has 1 rings (SSSR count). The van der Waals surface area contributed by atoms with Crippen LogP contribution in [0.4, 0.5) is 13.2 Å². The van der Waals surface area contributed by atoms with Crippen molar-refractivity contribution in [1.29, 1.82) is 0 Å². The Morgan fingerprint density at radius 1 is 1.50 bits per heavy atom. The molecule has 6 heteroatoms. The second-order valence-corrected chi connectivity index (χ2v) is 4.37. The van der Waals surface area contributed by atoms with E-state index in [1.165, 1.54) is 6.08 Å². The SMILES string of the molecule is C/C(=C/C=O)c1cc(C(C)C)n(CC(F)(F)F)n1. The summed E-state index contributed by atoms with van der Waals surface area (Å²) in [6, 6.07) is 1.59. The molecule has 0 aromatic carbocycles. The van der Waals surface area contributed by atoms with Gasteiger partial charge in [-0.1, -0.05) is 13.8 Å². The summed E-state index contributed by atoms with van der Waals surface area (Å²) >= 11 is 0. The topological polar surface area (TPSA) is 34.9 Å². The van der Waals surface area contributed by atoms with Crippen LogP contribution in [0.15, 0.2) is 12.1 Å². The van der Waals surface area contributed by atoms with Gasteiger partial charge in [0.1, 0.15) is 12.8 Å². The van der Waals surface area contributed by atoms with Crippen LogP contribution < -0.4 is 0 Å². The van der Waals surface area contributed by atoms with Crippen LogP contribution in [0, 0.1) is 0 Å². The molecule has 0 atom stereocenters. The summed E-state index contributed by atoms with van der Waals surface area (Å²) < 4.78 is 38.2. The first-order chi connectivity index (χ1) is 8.24. The van der Waals surface area contributed by atoms with Crippen LogP contribution in [0.1, 0.15) is 38.1 Å². The average molecular weight is 260 g/mol. The highest BCUT2D eigenvalue weighted by Crippen LogP contribution is 2.24. The third-order valence-corrected chi connectivity index (χ3v) is 2.45. The van der Waals surface area contributed by atoms with Crippen molar-refractivity contribution in [1.82, 2.24) is 9.78 Å². The van der Waals surface area contributed by atoms with Gasteiger partial charge in [-0.2, -0.15) is 18.3 Å². The summed E-state index contributed by atoms with van der Waals surface area (Å²) in [5, 5.41) is 3.90. The summed E-state index contributed by atoms with van der Waals surface area (Å²) in [6.45, 7) is 4.12. The fourth-order valence-corrected chi connectivity index (χ4v) is 1.57. The largest absolute Gasteiger partial charge is 0.408 e. The second kappa shape index (κ2) is 5.37. The van der Waals surface area contributed by atoms with E-state index in [0.29, 0.717) is 23.2 Å². The van der Waals surface area contributed by atoms with E-state index in [0.717, 1.165) is 4.68 Å². The van der Waals surface area contributed by atoms with Crippen LogP contribution in [-0.4, -0.2) is 22.2 Å². The molecular weight excluding hydrogens is 245 g/mol. The van der Waals surface area contributed by atoms with E-state index in [9.17, 15) is 18.0 Å². The van der Waals surface area contributed by atoms with Crippen LogP contribution in [-0.2, 0) is 11.3 Å². The van der Waals surface area contributed by atoms with Gasteiger partial charge in [0.15, 0.2) is 0 Å². The first kappa shape index (κ1) is 14.5. The Morgan fingerprint density at radius 3 is 2.56 bits per heavy atom. The molecule has 3 nitrogen and oxygen atoms in total. The number of carbonyl (C=O) groups is 1. The zero-order chi connectivity index (χ0) is 13.9. The van der Waals surface area contributed by atoms with E-state index in [-0.39, 0.29) is 5.92 Å². The van der Waals surface area contributed by atoms with Crippen molar-refractivity contribution in [2.24, 2.45) is 0 Å². The van der Waals surface area contributed by atoms with E-state index >= 15 is 0 Å². The fourth-order valence-electron chi connectivity index (χ4n) is 1.57. The van der Waals surface area contributed by atoms with Crippen LogP contribution in [0.2, 0.25) is 0 Å². The molecule has 0 N–H and O–H groups in total. The third-order valence-electron chi connectivity index (χ3n) is 2.45. The van der Waals surface area contributed by atoms with Crippen molar-refractivity contribution >= 4 is 11.9 Å². The predicted octanol–water partition coefficient (Wildman–Crippen LogP) is 3.17. The Morgan fingerprint density at radius 2 is 2.11 bits per heavy atom. The molecule has 1 aromatic heterocycles. The van der Waals surface area contributed by atoms with Crippen molar-refractivity contribution in [2.75, 3.05) is 0 Å². The van der Waals surface area contributed by atoms with Gasteiger partial charge < -0.3 is 0 Å². The lowest BCUT2D eigenvalue weighted by Gasteiger charge is -2.11. The first-order valence-electron chi connectivity index (χ1n) is 5.51. The number of nitrogens with zero attached hydrogens (tertiary/aromatic N) is 2. The number of halogens is 3. The summed E-state index contributed by atoms with van der Waals surface area (Å²) in [5.41, 5.74) is 1.45. The zero-order valence-electron chi connectivity index (χ0n) is 10.5. The van der Waals surface area contributed by atoms with Crippen molar-refractivity contribution in [3.63, 3.8) is 0 Å². The van der Waals surface area contributed by atoms with Gasteiger partial charge in [0, 0.05) is 5.69 Å². The van der Waals surface area contributed by atoms with Gasteiger partial charge in [0.25, 0.3) is 0 Å². The Kier molecular flexibility index (Phi) is 4.32. The number of carbonyl (C=O) groups excluding carboxylic acids is 1. The van der Waals surface area contributed by atoms with Gasteiger partial charge in [-0.3, -0.25) is 9.48 Å². The highest BCUT2D eigenvalue weighted by Gasteiger charge is 2.30. The van der Waals surface area contributed by atoms with Gasteiger partial charge >= 0.3 is 6.18 Å². The van der Waals surface area contributed by atoms with Crippen molar-refractivity contribution < 1.29 is 18.0 Å². The molecule has 1 aromatic rings. The highest BCUT2D eigenvalue weighted by molar-refractivity contribution is 5.79. The maximum atomic E-state index is 12.4. The first-order valence-corrected chi connectivity index (χ1v) is 5.51. The third kappa shape index (κ3) is 3.72. The molecule has 0 aliphatic heterocycles. The maximum Gasteiger partial charge on any atom is 0.408 e. The Balaban J connectivity index is 3.16. The normalized spacial score (nSPS) is 13.2. The molecule has 18 heavy (non-hydrogen) atoms. The van der Waals surface area contributed by atoms with Crippen LogP contribution >= 0.6 is 0 Å². The van der Waals surface area contributed by atoms with E-state index < -0.39 is 12.7 Å². The van der Waals surface area contributed by atoms with Crippen molar-refractivity contribution in [3.05, 3.63) is 23.5 Å². The minimum atomic E-state index is -4.31. The molecule has 0 amide bonds. The lowest BCUT2D eigenvalue weighted by molar-refractivity contribution is -0.143. The monoisotopic (exact) mass is 260 g/mol. The van der Waals surface area contributed by atoms with Gasteiger partial charge in [-0.25, -0.2) is 0 Å². The van der Waals surface area contributed by atoms with E-state index in [4.69, 9.17) is 0 Å². The number of rotatable bonds is 4. The molecule has 0 unspecified atom stereocenters. The molecule has 0 bridgehead atoms. The quantitative estimate of drug-likeness (QED) is 0.615. The molecule has 1 heterocycles. The summed E-state index contributed by atoms with van der Waals surface area (Å²) in [5.74, 6) is -0.0716. The number of aromatic nitrogens is 2. The molecule has 0 saturated heterocycles. The molecule has 0 spiro atoms. The average Bonchev–Trinajstić information content (AvgIpc) is 2.59. The molecule has 100 valence electrons. The minimum Gasteiger partial charge on any atom is -0.299 e. The van der Waals surface area contributed by atoms with Gasteiger partial charge in [0.2, 0.25) is 0 Å². The lowest BCUT2D eigenvalue weighted by atomic mass is 10.1. The molecule has 0 aliphatic rings. The molecular formula is C12H15F3N2O. The summed E-state index contributed by atoms with van der Waals surface area (Å²) in [6.07, 6.45) is -2.44. The Labute approximate surface area is 103 Å². The molecule has 0 saturated carbocycles. The summed E-state index contributed by atoms with van der Waals surface area (Å²) in [7, 11) is 0. The van der Waals surface area contributed by atoms with E-state index in [1.54, 1.807) is 26.8 Å². The van der Waals surface area contributed by atoms with E-state index in [1.807, 2.05) is 0 Å². The minimum absolute atomic E-state index is 0.0716. The molecule has 0 aliphatic carbocycles. The predicted molar refractivity (Wildman–Crippen MR) is 62.1 cm³/mol. The Bertz CT molecular complexity index is 458. The number of allylic oxidation sites excluding steroid dienone is 2. The van der Waals surface area contributed by atoms with Gasteiger partial charge in [-0.15, -0.1) is 0 Å². The van der Waals surface area contributed by atoms with E-state index in [2.05, 4.69) is 5.10 Å². The number of hydrogen-bond acceptors (Lipinski definition) is 2. The highest BCUT2D eigenvalue weighted by atomic mass is 19.4. The standard InChI is InChI=1S/C12H15F3N2O/c1-8(2)11-6-10(9(3)4-5-18)16-17(11)7-12(13,14)15/h4-6,8H,7H2,1-3H3/b9-4-. The van der Waals surface area contributed by atoms with Crippen LogP contribution in [0.25, 0.3) is 5.57 Å². The fraction of sp³-hybridized carbons (Fsp3) is 0.500. The molecule has 0 fully saturated rings.